The zero-order valence-corrected chi connectivity index (χ0v) is 11.3. The van der Waals surface area contributed by atoms with Crippen molar-refractivity contribution in [3.8, 4) is 0 Å². The summed E-state index contributed by atoms with van der Waals surface area (Å²) in [6.45, 7) is 2.14. The predicted octanol–water partition coefficient (Wildman–Crippen LogP) is 4.93. The normalized spacial score (nSPS) is 12.7. The van der Waals surface area contributed by atoms with Gasteiger partial charge in [0.2, 0.25) is 0 Å². The van der Waals surface area contributed by atoms with Gasteiger partial charge < -0.3 is 4.42 Å². The first kappa shape index (κ1) is 11.7. The molecule has 1 aromatic heterocycles. The summed E-state index contributed by atoms with van der Waals surface area (Å²) in [4.78, 5) is 0. The van der Waals surface area contributed by atoms with Crippen molar-refractivity contribution < 1.29 is 4.42 Å². The van der Waals surface area contributed by atoms with Crippen molar-refractivity contribution in [2.24, 2.45) is 0 Å². The third-order valence-corrected chi connectivity index (χ3v) is 3.42. The van der Waals surface area contributed by atoms with E-state index in [0.29, 0.717) is 4.67 Å². The van der Waals surface area contributed by atoms with Crippen molar-refractivity contribution in [2.45, 2.75) is 18.7 Å². The lowest BCUT2D eigenvalue weighted by molar-refractivity contribution is 0.494. The summed E-state index contributed by atoms with van der Waals surface area (Å²) >= 11 is 9.60. The van der Waals surface area contributed by atoms with Crippen LogP contribution in [0.4, 0.5) is 0 Å². The monoisotopic (exact) mass is 298 g/mol. The number of alkyl halides is 1. The van der Waals surface area contributed by atoms with Crippen molar-refractivity contribution in [3.05, 3.63) is 58.0 Å². The zero-order chi connectivity index (χ0) is 11.5. The first-order chi connectivity index (χ1) is 7.70. The highest BCUT2D eigenvalue weighted by Crippen LogP contribution is 2.31. The zero-order valence-electron chi connectivity index (χ0n) is 8.91. The van der Waals surface area contributed by atoms with Gasteiger partial charge in [0.25, 0.3) is 0 Å². The van der Waals surface area contributed by atoms with Crippen LogP contribution in [-0.4, -0.2) is 0 Å². The molecule has 0 aliphatic carbocycles. The molecule has 1 atom stereocenters. The molecular formula is C13H12BrClO. The minimum absolute atomic E-state index is 0.225. The number of aryl methyl sites for hydroxylation is 1. The van der Waals surface area contributed by atoms with E-state index in [1.54, 1.807) is 0 Å². The van der Waals surface area contributed by atoms with Gasteiger partial charge in [-0.3, -0.25) is 0 Å². The molecule has 0 aliphatic rings. The minimum Gasteiger partial charge on any atom is -0.452 e. The lowest BCUT2D eigenvalue weighted by Crippen LogP contribution is -1.91. The second-order valence-corrected chi connectivity index (χ2v) is 4.82. The molecular weight excluding hydrogens is 287 g/mol. The summed E-state index contributed by atoms with van der Waals surface area (Å²) in [5.41, 5.74) is 2.37. The Bertz CT molecular complexity index is 461. The second kappa shape index (κ2) is 5.07. The van der Waals surface area contributed by atoms with Crippen LogP contribution in [0.3, 0.4) is 0 Å². The Morgan fingerprint density at radius 3 is 2.38 bits per heavy atom. The Morgan fingerprint density at radius 2 is 1.88 bits per heavy atom. The topological polar surface area (TPSA) is 13.1 Å². The average Bonchev–Trinajstić information content (AvgIpc) is 2.75. The van der Waals surface area contributed by atoms with Gasteiger partial charge in [-0.25, -0.2) is 0 Å². The first-order valence-electron chi connectivity index (χ1n) is 5.19. The highest BCUT2D eigenvalue weighted by Gasteiger charge is 2.14. The fourth-order valence-electron chi connectivity index (χ4n) is 1.55. The summed E-state index contributed by atoms with van der Waals surface area (Å²) in [7, 11) is 0. The smallest absolute Gasteiger partial charge is 0.169 e. The van der Waals surface area contributed by atoms with E-state index in [1.807, 2.05) is 24.3 Å². The lowest BCUT2D eigenvalue weighted by atomic mass is 10.1. The third-order valence-electron chi connectivity index (χ3n) is 2.52. The Balaban J connectivity index is 2.23. The molecule has 1 nitrogen and oxygen atoms in total. The van der Waals surface area contributed by atoms with Gasteiger partial charge in [0.05, 0.1) is 0 Å². The van der Waals surface area contributed by atoms with Gasteiger partial charge in [-0.05, 0) is 45.6 Å². The van der Waals surface area contributed by atoms with Gasteiger partial charge in [-0.1, -0.05) is 31.2 Å². The molecule has 2 rings (SSSR count). The first-order valence-corrected chi connectivity index (χ1v) is 6.41. The average molecular weight is 300 g/mol. The molecule has 16 heavy (non-hydrogen) atoms. The summed E-state index contributed by atoms with van der Waals surface area (Å²) in [5.74, 6) is 0.762. The van der Waals surface area contributed by atoms with Gasteiger partial charge in [-0.2, -0.15) is 0 Å². The van der Waals surface area contributed by atoms with Crippen molar-refractivity contribution in [1.82, 2.24) is 0 Å². The van der Waals surface area contributed by atoms with Gasteiger partial charge >= 0.3 is 0 Å². The van der Waals surface area contributed by atoms with Crippen LogP contribution >= 0.6 is 27.5 Å². The summed E-state index contributed by atoms with van der Waals surface area (Å²) in [6.07, 6.45) is 1.04. The molecule has 0 bridgehead atoms. The van der Waals surface area contributed by atoms with Crippen LogP contribution in [0.1, 0.15) is 29.2 Å². The third kappa shape index (κ3) is 2.50. The van der Waals surface area contributed by atoms with Crippen LogP contribution in [-0.2, 0) is 6.42 Å². The van der Waals surface area contributed by atoms with E-state index in [9.17, 15) is 0 Å². The van der Waals surface area contributed by atoms with Crippen LogP contribution in [0.5, 0.6) is 0 Å². The molecule has 1 aromatic carbocycles. The van der Waals surface area contributed by atoms with Crippen LogP contribution in [0.15, 0.2) is 45.5 Å². The maximum Gasteiger partial charge on any atom is 0.169 e. The van der Waals surface area contributed by atoms with E-state index in [-0.39, 0.29) is 5.38 Å². The Labute approximate surface area is 109 Å². The van der Waals surface area contributed by atoms with Crippen LogP contribution in [0, 0.1) is 0 Å². The Kier molecular flexibility index (Phi) is 3.72. The Hall–Kier alpha value is -0.730. The summed E-state index contributed by atoms with van der Waals surface area (Å²) in [5, 5.41) is -0.225. The van der Waals surface area contributed by atoms with E-state index in [4.69, 9.17) is 16.0 Å². The molecule has 2 aromatic rings. The predicted molar refractivity (Wildman–Crippen MR) is 69.9 cm³/mol. The molecule has 1 heterocycles. The van der Waals surface area contributed by atoms with Gasteiger partial charge in [0, 0.05) is 0 Å². The number of halogens is 2. The van der Waals surface area contributed by atoms with Crippen LogP contribution < -0.4 is 0 Å². The molecule has 0 amide bonds. The van der Waals surface area contributed by atoms with E-state index < -0.39 is 0 Å². The highest BCUT2D eigenvalue weighted by atomic mass is 79.9. The van der Waals surface area contributed by atoms with E-state index >= 15 is 0 Å². The fourth-order valence-corrected chi connectivity index (χ4v) is 2.13. The quantitative estimate of drug-likeness (QED) is 0.732. The number of benzene rings is 1. The summed E-state index contributed by atoms with van der Waals surface area (Å²) in [6, 6.07) is 12.0. The van der Waals surface area contributed by atoms with Gasteiger partial charge in [0.15, 0.2) is 4.67 Å². The standard InChI is InChI=1S/C13H12BrClO/c1-2-9-3-5-10(6-4-9)13(15)11-7-8-12(14)16-11/h3-8,13H,2H2,1H3. The van der Waals surface area contributed by atoms with Gasteiger partial charge in [0.1, 0.15) is 11.1 Å². The molecule has 0 aliphatic heterocycles. The SMILES string of the molecule is CCc1ccc(C(Cl)c2ccc(Br)o2)cc1. The number of rotatable bonds is 3. The molecule has 0 fully saturated rings. The fraction of sp³-hybridized carbons (Fsp3) is 0.231. The number of hydrogen-bond donors (Lipinski definition) is 0. The second-order valence-electron chi connectivity index (χ2n) is 3.60. The molecule has 0 radical (unpaired) electrons. The summed E-state index contributed by atoms with van der Waals surface area (Å²) < 4.78 is 6.15. The largest absolute Gasteiger partial charge is 0.452 e. The van der Waals surface area contributed by atoms with Crippen LogP contribution in [0.2, 0.25) is 0 Å². The highest BCUT2D eigenvalue weighted by molar-refractivity contribution is 9.10. The maximum absolute atomic E-state index is 6.33. The number of hydrogen-bond acceptors (Lipinski definition) is 1. The van der Waals surface area contributed by atoms with Gasteiger partial charge in [-0.15, -0.1) is 11.6 Å². The van der Waals surface area contributed by atoms with E-state index in [2.05, 4.69) is 35.0 Å². The molecule has 0 saturated heterocycles. The van der Waals surface area contributed by atoms with Crippen molar-refractivity contribution in [2.75, 3.05) is 0 Å². The van der Waals surface area contributed by atoms with Crippen molar-refractivity contribution >= 4 is 27.5 Å². The van der Waals surface area contributed by atoms with Crippen molar-refractivity contribution in [1.29, 1.82) is 0 Å². The molecule has 0 saturated carbocycles. The number of furan rings is 1. The maximum atomic E-state index is 6.33. The molecule has 84 valence electrons. The molecule has 0 N–H and O–H groups in total. The minimum atomic E-state index is -0.225. The van der Waals surface area contributed by atoms with E-state index in [0.717, 1.165) is 17.7 Å². The van der Waals surface area contributed by atoms with Crippen molar-refractivity contribution in [3.63, 3.8) is 0 Å². The van der Waals surface area contributed by atoms with E-state index in [1.165, 1.54) is 5.56 Å². The molecule has 1 unspecified atom stereocenters. The molecule has 3 heteroatoms. The van der Waals surface area contributed by atoms with Crippen LogP contribution in [0.25, 0.3) is 0 Å². The Morgan fingerprint density at radius 1 is 1.19 bits per heavy atom. The lowest BCUT2D eigenvalue weighted by Gasteiger charge is -2.07. The molecule has 0 spiro atoms.